The number of aromatic nitrogens is 2. The van der Waals surface area contributed by atoms with Crippen LogP contribution in [0.15, 0.2) is 199 Å². The fraction of sp³-hybridized carbons (Fsp3) is 0. The summed E-state index contributed by atoms with van der Waals surface area (Å²) in [6, 6.07) is 69.1. The quantitative estimate of drug-likeness (QED) is 0.156. The van der Waals surface area contributed by atoms with Gasteiger partial charge in [-0.15, -0.1) is 0 Å². The van der Waals surface area contributed by atoms with E-state index in [0.717, 1.165) is 4.47 Å². The van der Waals surface area contributed by atoms with Crippen LogP contribution in [0.3, 0.4) is 0 Å². The lowest BCUT2D eigenvalue weighted by Gasteiger charge is -2.10. The maximum absolute atomic E-state index is 3.58. The molecule has 0 bridgehead atoms. The van der Waals surface area contributed by atoms with E-state index in [4.69, 9.17) is 0 Å². The summed E-state index contributed by atoms with van der Waals surface area (Å²) in [6.07, 6.45) is 0. The van der Waals surface area contributed by atoms with Crippen molar-refractivity contribution in [2.75, 3.05) is 0 Å². The van der Waals surface area contributed by atoms with E-state index in [1.54, 1.807) is 0 Å². The van der Waals surface area contributed by atoms with E-state index in [2.05, 4.69) is 242 Å². The van der Waals surface area contributed by atoms with Gasteiger partial charge in [0.05, 0.1) is 22.1 Å². The van der Waals surface area contributed by atoms with Gasteiger partial charge in [0.1, 0.15) is 0 Å². The zero-order chi connectivity index (χ0) is 35.0. The van der Waals surface area contributed by atoms with Crippen LogP contribution >= 0.6 is 38.5 Å². The van der Waals surface area contributed by atoms with E-state index >= 15 is 0 Å². The zero-order valence-corrected chi connectivity index (χ0v) is 31.9. The minimum Gasteiger partial charge on any atom is -0.309 e. The lowest BCUT2D eigenvalue weighted by Crippen LogP contribution is -1.94. The minimum atomic E-state index is 1.09. The molecule has 10 aromatic rings. The molecule has 248 valence electrons. The molecule has 0 amide bonds. The molecule has 52 heavy (non-hydrogen) atoms. The van der Waals surface area contributed by atoms with Gasteiger partial charge in [0, 0.05) is 41.0 Å². The van der Waals surface area contributed by atoms with E-state index in [0.29, 0.717) is 0 Å². The Morgan fingerprint density at radius 3 is 1.08 bits per heavy atom. The summed E-state index contributed by atoms with van der Waals surface area (Å²) >= 11 is 5.95. The molecule has 0 saturated carbocycles. The van der Waals surface area contributed by atoms with Crippen molar-refractivity contribution in [3.63, 3.8) is 0 Å². The molecule has 0 saturated heterocycles. The monoisotopic (exact) mass is 842 g/mol. The number of nitrogens with zero attached hydrogens (tertiary/aromatic N) is 2. The van der Waals surface area contributed by atoms with Crippen molar-refractivity contribution >= 4 is 82.1 Å². The van der Waals surface area contributed by atoms with Gasteiger partial charge < -0.3 is 9.13 Å². The van der Waals surface area contributed by atoms with Gasteiger partial charge >= 0.3 is 0 Å². The molecule has 0 aliphatic carbocycles. The van der Waals surface area contributed by atoms with Gasteiger partial charge in [0.25, 0.3) is 0 Å². The molecule has 4 heteroatoms. The third-order valence-corrected chi connectivity index (χ3v) is 10.8. The number of rotatable bonds is 4. The Labute approximate surface area is 324 Å². The van der Waals surface area contributed by atoms with Crippen LogP contribution in [0.4, 0.5) is 0 Å². The highest BCUT2D eigenvalue weighted by molar-refractivity contribution is 14.1. The van der Waals surface area contributed by atoms with Crippen molar-refractivity contribution in [1.29, 1.82) is 0 Å². The second-order valence-electron chi connectivity index (χ2n) is 12.9. The summed E-state index contributed by atoms with van der Waals surface area (Å²) in [4.78, 5) is 0. The van der Waals surface area contributed by atoms with E-state index in [-0.39, 0.29) is 0 Å². The Bertz CT molecular complexity index is 2590. The van der Waals surface area contributed by atoms with Crippen LogP contribution in [-0.4, -0.2) is 9.13 Å². The maximum Gasteiger partial charge on any atom is 0.0541 e. The number of hydrogen-bond donors (Lipinski definition) is 0. The Balaban J connectivity index is 0.000000138. The Morgan fingerprint density at radius 1 is 0.327 bits per heavy atom. The first-order chi connectivity index (χ1) is 25.6. The Hall–Kier alpha value is -5.43. The van der Waals surface area contributed by atoms with Crippen LogP contribution in [0, 0.1) is 3.57 Å². The predicted molar refractivity (Wildman–Crippen MR) is 233 cm³/mol. The van der Waals surface area contributed by atoms with Crippen LogP contribution in [0.25, 0.3) is 77.2 Å². The molecule has 0 aliphatic rings. The molecule has 10 rings (SSSR count). The molecule has 0 unspecified atom stereocenters. The first-order valence-electron chi connectivity index (χ1n) is 17.3. The third-order valence-electron chi connectivity index (χ3n) is 9.68. The topological polar surface area (TPSA) is 9.86 Å². The maximum atomic E-state index is 3.58. The number of hydrogen-bond acceptors (Lipinski definition) is 0. The molecule has 2 aromatic heterocycles. The van der Waals surface area contributed by atoms with Gasteiger partial charge in [-0.05, 0) is 118 Å². The summed E-state index contributed by atoms with van der Waals surface area (Å²) in [5.41, 5.74) is 12.2. The number of para-hydroxylation sites is 4. The molecule has 0 fully saturated rings. The molecule has 2 nitrogen and oxygen atoms in total. The second kappa shape index (κ2) is 13.9. The molecule has 0 radical (unpaired) electrons. The molecular weight excluding hydrogens is 811 g/mol. The van der Waals surface area contributed by atoms with Crippen molar-refractivity contribution in [1.82, 2.24) is 9.13 Å². The highest BCUT2D eigenvalue weighted by Crippen LogP contribution is 2.35. The zero-order valence-electron chi connectivity index (χ0n) is 28.1. The van der Waals surface area contributed by atoms with E-state index in [1.165, 1.54) is 80.8 Å². The third kappa shape index (κ3) is 6.02. The lowest BCUT2D eigenvalue weighted by atomic mass is 10.1. The van der Waals surface area contributed by atoms with Gasteiger partial charge in [0.2, 0.25) is 0 Å². The molecule has 8 aromatic carbocycles. The molecule has 0 atom stereocenters. The first kappa shape index (κ1) is 32.5. The van der Waals surface area contributed by atoms with E-state index in [9.17, 15) is 0 Å². The summed E-state index contributed by atoms with van der Waals surface area (Å²) in [6.45, 7) is 0. The van der Waals surface area contributed by atoms with Crippen LogP contribution in [0.2, 0.25) is 0 Å². The summed E-state index contributed by atoms with van der Waals surface area (Å²) < 4.78 is 7.06. The number of fused-ring (bicyclic) bond motifs is 6. The fourth-order valence-electron chi connectivity index (χ4n) is 7.39. The average molecular weight is 844 g/mol. The lowest BCUT2D eigenvalue weighted by molar-refractivity contribution is 1.18. The summed E-state index contributed by atoms with van der Waals surface area (Å²) in [7, 11) is 0. The highest BCUT2D eigenvalue weighted by Gasteiger charge is 2.13. The van der Waals surface area contributed by atoms with Crippen molar-refractivity contribution in [2.24, 2.45) is 0 Å². The highest BCUT2D eigenvalue weighted by atomic mass is 127. The smallest absolute Gasteiger partial charge is 0.0541 e. The predicted octanol–water partition coefficient (Wildman–Crippen LogP) is 14.3. The Morgan fingerprint density at radius 2 is 0.673 bits per heavy atom. The van der Waals surface area contributed by atoms with Crippen molar-refractivity contribution < 1.29 is 0 Å². The van der Waals surface area contributed by atoms with Gasteiger partial charge in [-0.3, -0.25) is 0 Å². The SMILES string of the molecule is Brc1cccc(-c2cccc(-n3c4ccccc4c4ccccc43)c2)c1.Ic1cccc(-c2cccc(-n3c4ccccc4c4ccccc43)c2)c1. The van der Waals surface area contributed by atoms with Gasteiger partial charge in [-0.25, -0.2) is 0 Å². The van der Waals surface area contributed by atoms with Crippen molar-refractivity contribution in [3.8, 4) is 33.6 Å². The standard InChI is InChI=1S/C24H16BrN.C24H16IN/c2*25-19-9-5-7-17(15-19)18-8-6-10-20(16-18)26-23-13-3-1-11-21(23)22-12-2-4-14-24(22)26/h2*1-16H. The fourth-order valence-corrected chi connectivity index (χ4v) is 8.33. The van der Waals surface area contributed by atoms with E-state index < -0.39 is 0 Å². The molecule has 2 heterocycles. The summed E-state index contributed by atoms with van der Waals surface area (Å²) in [5, 5.41) is 5.16. The molecule has 0 aliphatic heterocycles. The molecule has 0 N–H and O–H groups in total. The van der Waals surface area contributed by atoms with Crippen molar-refractivity contribution in [2.45, 2.75) is 0 Å². The number of benzene rings is 8. The second-order valence-corrected chi connectivity index (χ2v) is 15.0. The van der Waals surface area contributed by atoms with Crippen LogP contribution in [0.5, 0.6) is 0 Å². The van der Waals surface area contributed by atoms with Gasteiger partial charge in [-0.2, -0.15) is 0 Å². The largest absolute Gasteiger partial charge is 0.309 e. The van der Waals surface area contributed by atoms with Gasteiger partial charge in [-0.1, -0.05) is 137 Å². The Kier molecular flexibility index (Phi) is 8.71. The summed E-state index contributed by atoms with van der Waals surface area (Å²) in [5.74, 6) is 0. The first-order valence-corrected chi connectivity index (χ1v) is 19.2. The van der Waals surface area contributed by atoms with Gasteiger partial charge in [0.15, 0.2) is 0 Å². The normalized spacial score (nSPS) is 11.3. The number of halogens is 2. The minimum absolute atomic E-state index is 1.09. The van der Waals surface area contributed by atoms with Crippen LogP contribution < -0.4 is 0 Å². The van der Waals surface area contributed by atoms with Crippen molar-refractivity contribution in [3.05, 3.63) is 202 Å². The van der Waals surface area contributed by atoms with Crippen LogP contribution in [-0.2, 0) is 0 Å². The average Bonchev–Trinajstić information content (AvgIpc) is 3.72. The molecular formula is C48H32BrIN2. The van der Waals surface area contributed by atoms with E-state index in [1.807, 2.05) is 0 Å². The van der Waals surface area contributed by atoms with Crippen LogP contribution in [0.1, 0.15) is 0 Å². The molecule has 0 spiro atoms.